The smallest absolute Gasteiger partial charge is 0.328 e. The average Bonchev–Trinajstić information content (AvgIpc) is 3.81. The van der Waals surface area contributed by atoms with Crippen LogP contribution in [0, 0.1) is 19.3 Å². The van der Waals surface area contributed by atoms with Crippen LogP contribution in [0.3, 0.4) is 0 Å². The molecule has 18 nitrogen and oxygen atoms in total. The van der Waals surface area contributed by atoms with Crippen molar-refractivity contribution in [2.75, 3.05) is 32.8 Å². The van der Waals surface area contributed by atoms with E-state index in [1.165, 1.54) is 18.9 Å². The summed E-state index contributed by atoms with van der Waals surface area (Å²) in [5.74, 6) is 0.294. The highest BCUT2D eigenvalue weighted by Gasteiger charge is 2.30. The van der Waals surface area contributed by atoms with Crippen molar-refractivity contribution in [2.45, 2.75) is 70.1 Å². The lowest BCUT2D eigenvalue weighted by Gasteiger charge is -2.30. The molecule has 18 heteroatoms. The third-order valence-corrected chi connectivity index (χ3v) is 9.27. The summed E-state index contributed by atoms with van der Waals surface area (Å²) in [6.07, 6.45) is 7.06. The first-order valence-corrected chi connectivity index (χ1v) is 17.4. The molecule has 0 fully saturated rings. The molecule has 55 heavy (non-hydrogen) atoms. The molecule has 3 atom stereocenters. The van der Waals surface area contributed by atoms with Gasteiger partial charge in [-0.1, -0.05) is 5.92 Å². The molecule has 0 spiro atoms. The maximum absolute atomic E-state index is 13.3. The fourth-order valence-corrected chi connectivity index (χ4v) is 6.50. The second-order valence-corrected chi connectivity index (χ2v) is 12.8. The minimum absolute atomic E-state index is 0.0348. The number of fused-ring (bicyclic) bond motifs is 2. The summed E-state index contributed by atoms with van der Waals surface area (Å²) in [5.41, 5.74) is 3.50. The second-order valence-electron chi connectivity index (χ2n) is 12.8. The quantitative estimate of drug-likeness (QED) is 0.0819. The number of hydrogen-bond donors (Lipinski definition) is 3. The Labute approximate surface area is 315 Å². The van der Waals surface area contributed by atoms with Crippen LogP contribution in [0.15, 0.2) is 41.2 Å². The van der Waals surface area contributed by atoms with Gasteiger partial charge in [-0.3, -0.25) is 19.2 Å². The Bertz CT molecular complexity index is 2170. The molecule has 2 amide bonds. The van der Waals surface area contributed by atoms with Gasteiger partial charge in [0.1, 0.15) is 24.5 Å². The number of esters is 3. The number of rotatable bonds is 16. The minimum Gasteiger partial charge on any atom is -0.468 e. The number of terminal acetylenes is 1. The highest BCUT2D eigenvalue weighted by molar-refractivity contribution is 5.97. The van der Waals surface area contributed by atoms with Gasteiger partial charge in [-0.15, -0.1) is 11.5 Å². The Balaban J connectivity index is 1.22. The number of amides is 2. The zero-order chi connectivity index (χ0) is 39.6. The summed E-state index contributed by atoms with van der Waals surface area (Å²) in [6.45, 7) is 1.77. The number of nitrogens with zero attached hydrogens (tertiary/aromatic N) is 6. The molecular weight excluding hydrogens is 714 g/mol. The molecule has 3 N–H and O–H groups in total. The maximum Gasteiger partial charge on any atom is 0.328 e. The number of aryl methyl sites for hydroxylation is 3. The zero-order valence-electron chi connectivity index (χ0n) is 30.8. The summed E-state index contributed by atoms with van der Waals surface area (Å²) in [7, 11) is 3.55. The van der Waals surface area contributed by atoms with Crippen LogP contribution in [0.25, 0.3) is 10.9 Å². The molecule has 5 rings (SSSR count). The molecule has 1 unspecified atom stereocenters. The van der Waals surface area contributed by atoms with Gasteiger partial charge in [-0.2, -0.15) is 0 Å². The van der Waals surface area contributed by atoms with Gasteiger partial charge < -0.3 is 34.7 Å². The van der Waals surface area contributed by atoms with Crippen LogP contribution in [0.5, 0.6) is 0 Å². The number of aromatic nitrogens is 6. The number of nitrogens with one attached hydrogen (secondary N) is 3. The van der Waals surface area contributed by atoms with E-state index < -0.39 is 41.8 Å². The predicted octanol–water partition coefficient (Wildman–Crippen LogP) is 0.860. The summed E-state index contributed by atoms with van der Waals surface area (Å²) in [6, 6.07) is 8.14. The number of carbonyl (C=O) groups excluding carboxylic acids is 5. The Morgan fingerprint density at radius 3 is 2.40 bits per heavy atom. The molecule has 1 aliphatic carbocycles. The lowest BCUT2D eigenvalue weighted by molar-refractivity contribution is -0.146. The Kier molecular flexibility index (Phi) is 12.9. The van der Waals surface area contributed by atoms with Crippen LogP contribution in [-0.2, 0) is 52.8 Å². The highest BCUT2D eigenvalue weighted by atomic mass is 16.5. The van der Waals surface area contributed by atoms with Crippen molar-refractivity contribution < 1.29 is 38.2 Å². The number of benzene rings is 2. The van der Waals surface area contributed by atoms with E-state index in [0.717, 1.165) is 36.8 Å². The van der Waals surface area contributed by atoms with Crippen molar-refractivity contribution in [3.05, 3.63) is 75.1 Å². The Hall–Kier alpha value is -6.64. The first kappa shape index (κ1) is 39.6. The number of aromatic amines is 1. The minimum atomic E-state index is -1.19. The predicted molar refractivity (Wildman–Crippen MR) is 195 cm³/mol. The van der Waals surface area contributed by atoms with E-state index in [-0.39, 0.29) is 61.8 Å². The Morgan fingerprint density at radius 2 is 1.73 bits per heavy atom. The molecule has 2 aromatic carbocycles. The SMILES string of the molecule is C#CCN(c1ccc(C(=O)N[C@@H](CCC(=O)N[C@@H](CCc2nnnn2CC(=O)OC)C(=O)OC)C(=O)OC)cc1)C1CCc2cc3nc(C)[nH]c(=O)c3cc21. The highest BCUT2D eigenvalue weighted by Crippen LogP contribution is 2.39. The van der Waals surface area contributed by atoms with Crippen LogP contribution in [0.2, 0.25) is 0 Å². The van der Waals surface area contributed by atoms with Crippen molar-refractivity contribution in [1.29, 1.82) is 0 Å². The van der Waals surface area contributed by atoms with Crippen LogP contribution >= 0.6 is 0 Å². The summed E-state index contributed by atoms with van der Waals surface area (Å²) < 4.78 is 15.6. The van der Waals surface area contributed by atoms with Crippen LogP contribution in [0.1, 0.15) is 64.9 Å². The fourth-order valence-electron chi connectivity index (χ4n) is 6.50. The molecule has 0 saturated carbocycles. The van der Waals surface area contributed by atoms with E-state index >= 15 is 0 Å². The van der Waals surface area contributed by atoms with Gasteiger partial charge in [0.2, 0.25) is 5.91 Å². The first-order valence-electron chi connectivity index (χ1n) is 17.4. The number of anilines is 1. The van der Waals surface area contributed by atoms with E-state index in [2.05, 4.69) is 46.8 Å². The van der Waals surface area contributed by atoms with E-state index in [1.54, 1.807) is 31.2 Å². The van der Waals surface area contributed by atoms with Gasteiger partial charge >= 0.3 is 17.9 Å². The van der Waals surface area contributed by atoms with E-state index in [4.69, 9.17) is 15.9 Å². The molecule has 1 aliphatic rings. The normalized spacial score (nSPS) is 14.2. The maximum atomic E-state index is 13.3. The third-order valence-electron chi connectivity index (χ3n) is 9.27. The molecule has 288 valence electrons. The molecule has 2 heterocycles. The van der Waals surface area contributed by atoms with Gasteiger partial charge in [0.25, 0.3) is 11.5 Å². The Morgan fingerprint density at radius 1 is 1.02 bits per heavy atom. The van der Waals surface area contributed by atoms with Gasteiger partial charge in [0.15, 0.2) is 5.82 Å². The van der Waals surface area contributed by atoms with E-state index in [1.807, 2.05) is 17.0 Å². The molecule has 2 aromatic heterocycles. The van der Waals surface area contributed by atoms with Crippen molar-refractivity contribution in [3.8, 4) is 12.3 Å². The van der Waals surface area contributed by atoms with Gasteiger partial charge in [0, 0.05) is 24.1 Å². The molecule has 0 radical (unpaired) electrons. The number of hydrogen-bond acceptors (Lipinski definition) is 14. The van der Waals surface area contributed by atoms with E-state index in [0.29, 0.717) is 16.7 Å². The second kappa shape index (κ2) is 17.9. The first-order chi connectivity index (χ1) is 26.5. The monoisotopic (exact) mass is 755 g/mol. The van der Waals surface area contributed by atoms with Crippen molar-refractivity contribution in [2.24, 2.45) is 0 Å². The van der Waals surface area contributed by atoms with Crippen LogP contribution < -0.4 is 21.1 Å². The number of carbonyl (C=O) groups is 5. The number of H-pyrrole nitrogens is 1. The van der Waals surface area contributed by atoms with E-state index in [9.17, 15) is 28.8 Å². The topological polar surface area (TPSA) is 230 Å². The van der Waals surface area contributed by atoms with Crippen LogP contribution in [0.4, 0.5) is 5.69 Å². The van der Waals surface area contributed by atoms with Crippen LogP contribution in [-0.4, -0.2) is 99.9 Å². The molecule has 4 aromatic rings. The number of tetrazole rings is 1. The molecule has 0 aliphatic heterocycles. The third kappa shape index (κ3) is 9.48. The number of methoxy groups -OCH3 is 3. The van der Waals surface area contributed by atoms with Crippen molar-refractivity contribution in [3.63, 3.8) is 0 Å². The standard InChI is InChI=1S/C37H41N9O9/c1-6-17-45(30-14-9-23-18-29-26(19-25(23)30)35(50)39-21(2)38-29)24-10-7-22(8-11-24)34(49)41-28(37(52)55-5)13-16-32(47)40-27(36(51)54-4)12-15-31-42-43-44-46(31)20-33(48)53-3/h1,7-8,10-11,18-19,27-28,30H,9,12-17,20H2,2-5H3,(H,40,47)(H,41,49)(H,38,39,50)/t27-,28-,30?/m0/s1. The van der Waals surface area contributed by atoms with Crippen molar-refractivity contribution >= 4 is 46.3 Å². The fraction of sp³-hybridized carbons (Fsp3) is 0.405. The largest absolute Gasteiger partial charge is 0.468 e. The van der Waals surface area contributed by atoms with Gasteiger partial charge in [-0.05, 0) is 90.6 Å². The van der Waals surface area contributed by atoms with Crippen molar-refractivity contribution in [1.82, 2.24) is 40.8 Å². The van der Waals surface area contributed by atoms with Gasteiger partial charge in [-0.25, -0.2) is 19.3 Å². The summed E-state index contributed by atoms with van der Waals surface area (Å²) >= 11 is 0. The lowest BCUT2D eigenvalue weighted by Crippen LogP contribution is -2.44. The number of ether oxygens (including phenoxy) is 3. The molecule has 0 saturated heterocycles. The zero-order valence-corrected chi connectivity index (χ0v) is 30.8. The lowest BCUT2D eigenvalue weighted by atomic mass is 10.0. The average molecular weight is 756 g/mol. The molecular formula is C37H41N9O9. The molecule has 0 bridgehead atoms. The summed E-state index contributed by atoms with van der Waals surface area (Å²) in [4.78, 5) is 85.1. The summed E-state index contributed by atoms with van der Waals surface area (Å²) in [5, 5.41) is 16.8. The van der Waals surface area contributed by atoms with Gasteiger partial charge in [0.05, 0.1) is 44.8 Å².